The Kier molecular flexibility index (Phi) is 7.72. The van der Waals surface area contributed by atoms with Gasteiger partial charge < -0.3 is 4.90 Å². The zero-order valence-corrected chi connectivity index (χ0v) is 23.3. The fourth-order valence-electron chi connectivity index (χ4n) is 5.03. The maximum Gasteiger partial charge on any atom is 0.0540 e. The quantitative estimate of drug-likeness (QED) is 0.208. The molecule has 0 atom stereocenters. The molecular formula is C36H33NS. The molecule has 0 radical (unpaired) electrons. The first-order chi connectivity index (χ1) is 18.8. The lowest BCUT2D eigenvalue weighted by atomic mass is 10.0. The molecule has 0 amide bonds. The molecule has 1 aromatic heterocycles. The van der Waals surface area contributed by atoms with E-state index in [4.69, 9.17) is 0 Å². The van der Waals surface area contributed by atoms with Crippen LogP contribution >= 0.6 is 11.3 Å². The first kappa shape index (κ1) is 25.5. The normalized spacial score (nSPS) is 11.7. The van der Waals surface area contributed by atoms with E-state index in [-0.39, 0.29) is 0 Å². The molecule has 0 saturated heterocycles. The zero-order chi connectivity index (χ0) is 26.5. The molecule has 5 aromatic carbocycles. The standard InChI is InChI=1S/C34H27NS.C2H6/c1-3-10-24(4-2)25-17-19-27(20-18-25)35(32-15-9-12-26-11-5-6-13-29(26)32)28-21-22-34-31(23-28)30-14-7-8-16-33(30)36-34;1-2/h3-23H,1-2H3;1-2H3/b10-3-,24-4+;. The molecule has 2 heteroatoms. The van der Waals surface area contributed by atoms with Crippen molar-refractivity contribution in [1.82, 2.24) is 0 Å². The van der Waals surface area contributed by atoms with Gasteiger partial charge in [0, 0.05) is 36.9 Å². The molecule has 0 N–H and O–H groups in total. The van der Waals surface area contributed by atoms with Crippen molar-refractivity contribution in [3.63, 3.8) is 0 Å². The Hall–Kier alpha value is -4.14. The van der Waals surface area contributed by atoms with Gasteiger partial charge in [-0.05, 0) is 72.8 Å². The number of hydrogen-bond donors (Lipinski definition) is 0. The SMILES string of the molecule is C/C=C\C(=C/C)c1ccc(N(c2ccc3sc4ccccc4c3c2)c2cccc3ccccc23)cc1.CC. The number of benzene rings is 5. The van der Waals surface area contributed by atoms with E-state index in [1.165, 1.54) is 47.8 Å². The minimum atomic E-state index is 1.14. The Labute approximate surface area is 230 Å². The highest BCUT2D eigenvalue weighted by molar-refractivity contribution is 7.25. The van der Waals surface area contributed by atoms with Crippen molar-refractivity contribution < 1.29 is 0 Å². The summed E-state index contributed by atoms with van der Waals surface area (Å²) < 4.78 is 2.64. The molecule has 0 aliphatic heterocycles. The van der Waals surface area contributed by atoms with Crippen molar-refractivity contribution in [2.45, 2.75) is 27.7 Å². The summed E-state index contributed by atoms with van der Waals surface area (Å²) >= 11 is 1.86. The van der Waals surface area contributed by atoms with E-state index in [1.54, 1.807) is 0 Å². The summed E-state index contributed by atoms with van der Waals surface area (Å²) in [5.41, 5.74) is 5.93. The van der Waals surface area contributed by atoms with E-state index in [9.17, 15) is 0 Å². The average molecular weight is 512 g/mol. The van der Waals surface area contributed by atoms with E-state index in [1.807, 2.05) is 25.2 Å². The van der Waals surface area contributed by atoms with Crippen LogP contribution in [0, 0.1) is 0 Å². The second-order valence-electron chi connectivity index (χ2n) is 8.90. The third-order valence-corrected chi connectivity index (χ3v) is 7.89. The van der Waals surface area contributed by atoms with Crippen molar-refractivity contribution in [3.8, 4) is 0 Å². The largest absolute Gasteiger partial charge is 0.310 e. The lowest BCUT2D eigenvalue weighted by Gasteiger charge is -2.27. The van der Waals surface area contributed by atoms with Gasteiger partial charge in [-0.1, -0.05) is 98.8 Å². The van der Waals surface area contributed by atoms with Gasteiger partial charge >= 0.3 is 0 Å². The molecule has 0 aliphatic rings. The van der Waals surface area contributed by atoms with E-state index < -0.39 is 0 Å². The van der Waals surface area contributed by atoms with Gasteiger partial charge in [-0.3, -0.25) is 0 Å². The van der Waals surface area contributed by atoms with Crippen LogP contribution in [0.25, 0.3) is 36.5 Å². The van der Waals surface area contributed by atoms with Gasteiger partial charge in [0.05, 0.1) is 5.69 Å². The molecule has 6 aromatic rings. The molecule has 0 unspecified atom stereocenters. The lowest BCUT2D eigenvalue weighted by Crippen LogP contribution is -2.10. The van der Waals surface area contributed by atoms with Crippen LogP contribution in [0.3, 0.4) is 0 Å². The number of rotatable bonds is 5. The highest BCUT2D eigenvalue weighted by Gasteiger charge is 2.17. The number of nitrogens with zero attached hydrogens (tertiary/aromatic N) is 1. The van der Waals surface area contributed by atoms with Crippen molar-refractivity contribution in [1.29, 1.82) is 0 Å². The zero-order valence-electron chi connectivity index (χ0n) is 22.5. The Bertz CT molecular complexity index is 1750. The van der Waals surface area contributed by atoms with Gasteiger partial charge in [-0.15, -0.1) is 11.3 Å². The predicted octanol–water partition coefficient (Wildman–Crippen LogP) is 11.7. The maximum atomic E-state index is 2.39. The molecule has 1 nitrogen and oxygen atoms in total. The number of fused-ring (bicyclic) bond motifs is 4. The Morgan fingerprint density at radius 2 is 1.29 bits per heavy atom. The van der Waals surface area contributed by atoms with E-state index in [2.05, 4.69) is 146 Å². The topological polar surface area (TPSA) is 3.24 Å². The summed E-state index contributed by atoms with van der Waals surface area (Å²) in [4.78, 5) is 2.39. The molecule has 1 heterocycles. The summed E-state index contributed by atoms with van der Waals surface area (Å²) in [6.07, 6.45) is 6.41. The van der Waals surface area contributed by atoms with Gasteiger partial charge in [-0.2, -0.15) is 0 Å². The van der Waals surface area contributed by atoms with E-state index in [0.29, 0.717) is 0 Å². The van der Waals surface area contributed by atoms with Gasteiger partial charge in [0.15, 0.2) is 0 Å². The highest BCUT2D eigenvalue weighted by atomic mass is 32.1. The molecule has 0 spiro atoms. The molecule has 6 rings (SSSR count). The van der Waals surface area contributed by atoms with Crippen LogP contribution in [-0.4, -0.2) is 0 Å². The van der Waals surface area contributed by atoms with Gasteiger partial charge in [-0.25, -0.2) is 0 Å². The van der Waals surface area contributed by atoms with Crippen LogP contribution in [0.2, 0.25) is 0 Å². The molecule has 188 valence electrons. The number of allylic oxidation sites excluding steroid dienone is 4. The molecule has 0 fully saturated rings. The fourth-order valence-corrected chi connectivity index (χ4v) is 6.11. The smallest absolute Gasteiger partial charge is 0.0540 e. The minimum absolute atomic E-state index is 1.14. The predicted molar refractivity (Wildman–Crippen MR) is 171 cm³/mol. The van der Waals surface area contributed by atoms with Gasteiger partial charge in [0.2, 0.25) is 0 Å². The second kappa shape index (κ2) is 11.5. The van der Waals surface area contributed by atoms with Crippen LogP contribution in [-0.2, 0) is 0 Å². The fraction of sp³-hybridized carbons (Fsp3) is 0.111. The number of hydrogen-bond acceptors (Lipinski definition) is 2. The van der Waals surface area contributed by atoms with Gasteiger partial charge in [0.25, 0.3) is 0 Å². The van der Waals surface area contributed by atoms with Crippen molar-refractivity contribution in [3.05, 3.63) is 133 Å². The molecule has 0 aliphatic carbocycles. The highest BCUT2D eigenvalue weighted by Crippen LogP contribution is 2.42. The van der Waals surface area contributed by atoms with Crippen LogP contribution in [0.4, 0.5) is 17.1 Å². The van der Waals surface area contributed by atoms with Crippen molar-refractivity contribution in [2.75, 3.05) is 4.90 Å². The molecule has 0 saturated carbocycles. The lowest BCUT2D eigenvalue weighted by molar-refractivity contribution is 1.30. The summed E-state index contributed by atoms with van der Waals surface area (Å²) in [6, 6.07) is 39.7. The van der Waals surface area contributed by atoms with Crippen LogP contribution in [0.1, 0.15) is 33.3 Å². The number of anilines is 3. The Morgan fingerprint density at radius 3 is 2.05 bits per heavy atom. The van der Waals surface area contributed by atoms with Crippen LogP contribution in [0.5, 0.6) is 0 Å². The van der Waals surface area contributed by atoms with Crippen molar-refractivity contribution in [2.24, 2.45) is 0 Å². The molecule has 38 heavy (non-hydrogen) atoms. The molecule has 0 bridgehead atoms. The summed E-state index contributed by atoms with van der Waals surface area (Å²) in [7, 11) is 0. The summed E-state index contributed by atoms with van der Waals surface area (Å²) in [5.74, 6) is 0. The van der Waals surface area contributed by atoms with Gasteiger partial charge in [0.1, 0.15) is 0 Å². The third kappa shape index (κ3) is 4.76. The minimum Gasteiger partial charge on any atom is -0.310 e. The van der Waals surface area contributed by atoms with E-state index >= 15 is 0 Å². The van der Waals surface area contributed by atoms with E-state index in [0.717, 1.165) is 11.4 Å². The van der Waals surface area contributed by atoms with Crippen LogP contribution in [0.15, 0.2) is 127 Å². The van der Waals surface area contributed by atoms with Crippen LogP contribution < -0.4 is 4.90 Å². The Morgan fingerprint density at radius 1 is 0.632 bits per heavy atom. The third-order valence-electron chi connectivity index (χ3n) is 6.74. The first-order valence-electron chi connectivity index (χ1n) is 13.4. The first-order valence-corrected chi connectivity index (χ1v) is 14.2. The summed E-state index contributed by atoms with van der Waals surface area (Å²) in [6.45, 7) is 8.15. The number of thiophene rings is 1. The monoisotopic (exact) mass is 511 g/mol. The second-order valence-corrected chi connectivity index (χ2v) is 9.99. The molecular weight excluding hydrogens is 478 g/mol. The maximum absolute atomic E-state index is 2.39. The Balaban J connectivity index is 0.00000144. The average Bonchev–Trinajstić information content (AvgIpc) is 3.36. The van der Waals surface area contributed by atoms with Crippen molar-refractivity contribution >= 4 is 64.9 Å². The summed E-state index contributed by atoms with van der Waals surface area (Å²) in [5, 5.41) is 5.10.